The summed E-state index contributed by atoms with van der Waals surface area (Å²) in [6.07, 6.45) is 5.77. The number of hydrogen-bond acceptors (Lipinski definition) is 3. The topological polar surface area (TPSA) is 50.4 Å². The van der Waals surface area contributed by atoms with E-state index in [-0.39, 0.29) is 30.5 Å². The highest BCUT2D eigenvalue weighted by atomic mass is 35.5. The average molecular weight is 249 g/mol. The van der Waals surface area contributed by atoms with Gasteiger partial charge < -0.3 is 15.4 Å². The normalized spacial score (nSPS) is 29.5. The zero-order chi connectivity index (χ0) is 10.5. The van der Waals surface area contributed by atoms with Crippen molar-refractivity contribution in [2.24, 2.45) is 0 Å². The van der Waals surface area contributed by atoms with Gasteiger partial charge in [-0.25, -0.2) is 0 Å². The highest BCUT2D eigenvalue weighted by molar-refractivity contribution is 5.85. The van der Waals surface area contributed by atoms with Crippen molar-refractivity contribution in [1.29, 1.82) is 0 Å². The molecule has 2 atom stereocenters. The third kappa shape index (κ3) is 3.92. The molecule has 0 saturated carbocycles. The van der Waals surface area contributed by atoms with Crippen LogP contribution in [0.25, 0.3) is 0 Å². The van der Waals surface area contributed by atoms with Crippen molar-refractivity contribution in [3.8, 4) is 0 Å². The van der Waals surface area contributed by atoms with Crippen molar-refractivity contribution in [3.63, 3.8) is 0 Å². The number of nitrogens with one attached hydrogen (secondary N) is 2. The summed E-state index contributed by atoms with van der Waals surface area (Å²) >= 11 is 0. The second-order valence-electron chi connectivity index (χ2n) is 4.38. The quantitative estimate of drug-likeness (QED) is 0.779. The van der Waals surface area contributed by atoms with Gasteiger partial charge in [-0.15, -0.1) is 12.4 Å². The molecule has 1 unspecified atom stereocenters. The number of piperidine rings is 1. The molecule has 2 aliphatic heterocycles. The summed E-state index contributed by atoms with van der Waals surface area (Å²) in [4.78, 5) is 11.7. The molecule has 2 heterocycles. The molecule has 0 radical (unpaired) electrons. The third-order valence-corrected chi connectivity index (χ3v) is 3.15. The number of rotatable bonds is 3. The average Bonchev–Trinajstić information content (AvgIpc) is 2.80. The van der Waals surface area contributed by atoms with Crippen LogP contribution in [0.4, 0.5) is 0 Å². The van der Waals surface area contributed by atoms with Gasteiger partial charge in [-0.05, 0) is 32.2 Å². The van der Waals surface area contributed by atoms with Gasteiger partial charge in [-0.3, -0.25) is 4.79 Å². The van der Waals surface area contributed by atoms with E-state index in [1.807, 2.05) is 0 Å². The Hall–Kier alpha value is -0.320. The Morgan fingerprint density at radius 2 is 2.19 bits per heavy atom. The van der Waals surface area contributed by atoms with Crippen LogP contribution in [0.2, 0.25) is 0 Å². The monoisotopic (exact) mass is 248 g/mol. The summed E-state index contributed by atoms with van der Waals surface area (Å²) in [7, 11) is 0. The van der Waals surface area contributed by atoms with Gasteiger partial charge in [-0.2, -0.15) is 0 Å². The molecule has 94 valence electrons. The largest absolute Gasteiger partial charge is 0.376 e. The maximum atomic E-state index is 11.7. The van der Waals surface area contributed by atoms with Gasteiger partial charge in [0.25, 0.3) is 0 Å². The Kier molecular flexibility index (Phi) is 6.09. The van der Waals surface area contributed by atoms with Crippen LogP contribution in [-0.4, -0.2) is 37.7 Å². The maximum absolute atomic E-state index is 11.7. The first-order chi connectivity index (χ1) is 7.36. The Balaban J connectivity index is 0.00000128. The van der Waals surface area contributed by atoms with E-state index >= 15 is 0 Å². The smallest absolute Gasteiger partial charge is 0.237 e. The first-order valence-electron chi connectivity index (χ1n) is 5.99. The fourth-order valence-corrected chi connectivity index (χ4v) is 2.22. The minimum atomic E-state index is 0. The predicted octanol–water partition coefficient (Wildman–Crippen LogP) is 0.845. The molecule has 16 heavy (non-hydrogen) atoms. The molecular weight excluding hydrogens is 228 g/mol. The van der Waals surface area contributed by atoms with Crippen molar-refractivity contribution in [2.75, 3.05) is 19.7 Å². The van der Waals surface area contributed by atoms with Crippen LogP contribution in [0.5, 0.6) is 0 Å². The number of carbonyl (C=O) groups is 1. The second kappa shape index (κ2) is 7.09. The highest BCUT2D eigenvalue weighted by Gasteiger charge is 2.22. The van der Waals surface area contributed by atoms with Crippen LogP contribution in [0.1, 0.15) is 32.1 Å². The number of carbonyl (C=O) groups excluding carboxylic acids is 1. The van der Waals surface area contributed by atoms with Crippen LogP contribution in [-0.2, 0) is 9.53 Å². The molecule has 0 aliphatic carbocycles. The molecule has 2 rings (SSSR count). The molecule has 0 aromatic rings. The lowest BCUT2D eigenvalue weighted by atomic mass is 10.0. The zero-order valence-electron chi connectivity index (χ0n) is 9.54. The van der Waals surface area contributed by atoms with E-state index in [1.54, 1.807) is 0 Å². The molecule has 0 aromatic carbocycles. The van der Waals surface area contributed by atoms with E-state index in [0.717, 1.165) is 38.8 Å². The Morgan fingerprint density at radius 1 is 1.31 bits per heavy atom. The minimum Gasteiger partial charge on any atom is -0.376 e. The summed E-state index contributed by atoms with van der Waals surface area (Å²) < 4.78 is 5.46. The van der Waals surface area contributed by atoms with Crippen molar-refractivity contribution < 1.29 is 9.53 Å². The van der Waals surface area contributed by atoms with E-state index in [4.69, 9.17) is 4.74 Å². The molecule has 0 aromatic heterocycles. The minimum absolute atomic E-state index is 0. The van der Waals surface area contributed by atoms with Crippen LogP contribution in [0.15, 0.2) is 0 Å². The standard InChI is InChI=1S/C11H20N2O2.ClH/c14-11(10-5-1-2-6-12-10)13-8-9-4-3-7-15-9;/h9-10,12H,1-8H2,(H,13,14);1H/t9?,10-;/m0./s1. The molecule has 4 nitrogen and oxygen atoms in total. The van der Waals surface area contributed by atoms with Crippen LogP contribution < -0.4 is 10.6 Å². The summed E-state index contributed by atoms with van der Waals surface area (Å²) in [6, 6.07) is 0.0279. The molecule has 2 N–H and O–H groups in total. The van der Waals surface area contributed by atoms with Crippen LogP contribution >= 0.6 is 12.4 Å². The van der Waals surface area contributed by atoms with Gasteiger partial charge >= 0.3 is 0 Å². The molecule has 1 amide bonds. The summed E-state index contributed by atoms with van der Waals surface area (Å²) in [6.45, 7) is 2.50. The Bertz CT molecular complexity index is 214. The second-order valence-corrected chi connectivity index (χ2v) is 4.38. The van der Waals surface area contributed by atoms with Gasteiger partial charge in [0.05, 0.1) is 12.1 Å². The highest BCUT2D eigenvalue weighted by Crippen LogP contribution is 2.11. The van der Waals surface area contributed by atoms with Crippen molar-refractivity contribution in [1.82, 2.24) is 10.6 Å². The van der Waals surface area contributed by atoms with E-state index < -0.39 is 0 Å². The van der Waals surface area contributed by atoms with E-state index in [0.29, 0.717) is 6.54 Å². The molecule has 0 bridgehead atoms. The van der Waals surface area contributed by atoms with Crippen molar-refractivity contribution in [2.45, 2.75) is 44.2 Å². The molecular formula is C11H21ClN2O2. The third-order valence-electron chi connectivity index (χ3n) is 3.15. The molecule has 0 spiro atoms. The zero-order valence-corrected chi connectivity index (χ0v) is 10.4. The predicted molar refractivity (Wildman–Crippen MR) is 64.9 cm³/mol. The lowest BCUT2D eigenvalue weighted by Crippen LogP contribution is -2.48. The van der Waals surface area contributed by atoms with Crippen molar-refractivity contribution >= 4 is 18.3 Å². The van der Waals surface area contributed by atoms with Crippen LogP contribution in [0, 0.1) is 0 Å². The summed E-state index contributed by atoms with van der Waals surface area (Å²) in [5.41, 5.74) is 0. The lowest BCUT2D eigenvalue weighted by Gasteiger charge is -2.23. The van der Waals surface area contributed by atoms with Gasteiger partial charge in [0.15, 0.2) is 0 Å². The summed E-state index contributed by atoms with van der Waals surface area (Å²) in [5.74, 6) is 0.144. The van der Waals surface area contributed by atoms with Crippen molar-refractivity contribution in [3.05, 3.63) is 0 Å². The Morgan fingerprint density at radius 3 is 2.81 bits per heavy atom. The van der Waals surface area contributed by atoms with Gasteiger partial charge in [-0.1, -0.05) is 6.42 Å². The number of amides is 1. The Labute approximate surface area is 103 Å². The van der Waals surface area contributed by atoms with E-state index in [2.05, 4.69) is 10.6 Å². The molecule has 2 fully saturated rings. The fourth-order valence-electron chi connectivity index (χ4n) is 2.22. The first-order valence-corrected chi connectivity index (χ1v) is 5.99. The van der Waals surface area contributed by atoms with Gasteiger partial charge in [0.2, 0.25) is 5.91 Å². The molecule has 2 aliphatic rings. The molecule has 2 saturated heterocycles. The SMILES string of the molecule is Cl.O=C(NCC1CCCO1)[C@@H]1CCCCN1. The number of halogens is 1. The van der Waals surface area contributed by atoms with Gasteiger partial charge in [0, 0.05) is 13.2 Å². The number of ether oxygens (including phenoxy) is 1. The van der Waals surface area contributed by atoms with E-state index in [1.165, 1.54) is 6.42 Å². The fraction of sp³-hybridized carbons (Fsp3) is 0.909. The first kappa shape index (κ1) is 13.7. The molecule has 5 heteroatoms. The lowest BCUT2D eigenvalue weighted by molar-refractivity contribution is -0.124. The van der Waals surface area contributed by atoms with E-state index in [9.17, 15) is 4.79 Å². The number of hydrogen-bond donors (Lipinski definition) is 2. The maximum Gasteiger partial charge on any atom is 0.237 e. The van der Waals surface area contributed by atoms with Crippen LogP contribution in [0.3, 0.4) is 0 Å². The summed E-state index contributed by atoms with van der Waals surface area (Å²) in [5, 5.41) is 6.21. The van der Waals surface area contributed by atoms with Gasteiger partial charge in [0.1, 0.15) is 0 Å².